The Balaban J connectivity index is 5.22. The topological polar surface area (TPSA) is 237 Å². The third-order valence-electron chi connectivity index (χ3n) is 17.6. The number of carbonyl (C=O) groups is 4. The van der Waals surface area contributed by atoms with Crippen LogP contribution in [0.15, 0.2) is 24.3 Å². The van der Waals surface area contributed by atoms with Crippen LogP contribution in [0.25, 0.3) is 0 Å². The van der Waals surface area contributed by atoms with Crippen LogP contribution in [0.5, 0.6) is 0 Å². The molecule has 0 bridgehead atoms. The number of hydrogen-bond donors (Lipinski definition) is 3. The molecule has 0 aliphatic carbocycles. The highest BCUT2D eigenvalue weighted by Gasteiger charge is 2.30. The number of carbonyl (C=O) groups excluding carboxylic acids is 4. The summed E-state index contributed by atoms with van der Waals surface area (Å²) in [6.45, 7) is 11.8. The van der Waals surface area contributed by atoms with Crippen LogP contribution in [0.4, 0.5) is 0 Å². The standard InChI is InChI=1S/C77H146O17P2/c1-8-10-11-12-13-14-15-16-21-26-29-32-37-46-53-60-76(81)93-72(64-87-74(79)58-51-44-36-31-28-25-23-20-18-17-19-22-24-27-30-34-41-48-55-68(3)4)66-91-95(83,84)89-62-71(78)63-90-96(85,86)92-67-73(94-77(82)61-54-47-38-33-35-42-49-56-69(5)6)65-88-75(80)59-52-45-40-39-43-50-57-70(7)9-2/h14-16,21,68-73,78H,8-13,17-20,22-67H2,1-7H3,(H,83,84)(H,85,86)/b15-14-,21-16-/t70?,71-,72-,73-/m1/s1. The first kappa shape index (κ1) is 93.5. The summed E-state index contributed by atoms with van der Waals surface area (Å²) in [6.07, 6.45) is 56.6. The Morgan fingerprint density at radius 1 is 0.344 bits per heavy atom. The highest BCUT2D eigenvalue weighted by Crippen LogP contribution is 2.45. The maximum atomic E-state index is 13.1. The van der Waals surface area contributed by atoms with E-state index < -0.39 is 97.5 Å². The molecule has 566 valence electrons. The molecule has 0 saturated heterocycles. The van der Waals surface area contributed by atoms with Gasteiger partial charge in [0.05, 0.1) is 26.4 Å². The average Bonchev–Trinajstić information content (AvgIpc) is 1.89. The molecule has 19 heteroatoms. The molecule has 0 radical (unpaired) electrons. The maximum Gasteiger partial charge on any atom is 0.472 e. The van der Waals surface area contributed by atoms with E-state index in [1.807, 2.05) is 0 Å². The summed E-state index contributed by atoms with van der Waals surface area (Å²) >= 11 is 0. The fourth-order valence-corrected chi connectivity index (χ4v) is 12.8. The zero-order chi connectivity index (χ0) is 70.9. The van der Waals surface area contributed by atoms with Gasteiger partial charge >= 0.3 is 39.5 Å². The van der Waals surface area contributed by atoms with Crippen LogP contribution in [0.3, 0.4) is 0 Å². The summed E-state index contributed by atoms with van der Waals surface area (Å²) in [5, 5.41) is 10.6. The van der Waals surface area contributed by atoms with Gasteiger partial charge in [-0.25, -0.2) is 9.13 Å². The first-order chi connectivity index (χ1) is 46.3. The van der Waals surface area contributed by atoms with Crippen LogP contribution in [0.1, 0.15) is 370 Å². The number of aliphatic hydroxyl groups excluding tert-OH is 1. The van der Waals surface area contributed by atoms with E-state index in [1.54, 1.807) is 0 Å². The molecule has 0 spiro atoms. The lowest BCUT2D eigenvalue weighted by atomic mass is 10.00. The molecule has 0 aliphatic rings. The molecule has 3 N–H and O–H groups in total. The lowest BCUT2D eigenvalue weighted by molar-refractivity contribution is -0.161. The van der Waals surface area contributed by atoms with Crippen molar-refractivity contribution in [3.63, 3.8) is 0 Å². The Bertz CT molecular complexity index is 1970. The molecule has 0 aliphatic heterocycles. The van der Waals surface area contributed by atoms with E-state index in [1.165, 1.54) is 161 Å². The number of hydrogen-bond acceptors (Lipinski definition) is 15. The largest absolute Gasteiger partial charge is 0.472 e. The Kier molecular flexibility index (Phi) is 65.3. The minimum absolute atomic E-state index is 0.0850. The minimum atomic E-state index is -4.97. The number of phosphoric ester groups is 2. The van der Waals surface area contributed by atoms with E-state index in [0.29, 0.717) is 31.6 Å². The first-order valence-corrected chi connectivity index (χ1v) is 42.2. The van der Waals surface area contributed by atoms with Crippen molar-refractivity contribution in [2.75, 3.05) is 39.6 Å². The van der Waals surface area contributed by atoms with Crippen LogP contribution in [-0.2, 0) is 65.4 Å². The molecule has 0 aromatic rings. The van der Waals surface area contributed by atoms with Crippen LogP contribution in [-0.4, -0.2) is 96.7 Å². The Labute approximate surface area is 586 Å². The highest BCUT2D eigenvalue weighted by molar-refractivity contribution is 7.47. The Morgan fingerprint density at radius 3 is 0.927 bits per heavy atom. The van der Waals surface area contributed by atoms with Gasteiger partial charge in [0.1, 0.15) is 19.3 Å². The normalized spacial score (nSPS) is 14.5. The zero-order valence-electron chi connectivity index (χ0n) is 62.3. The maximum absolute atomic E-state index is 13.1. The minimum Gasteiger partial charge on any atom is -0.462 e. The lowest BCUT2D eigenvalue weighted by Crippen LogP contribution is -2.30. The molecule has 0 aromatic heterocycles. The second kappa shape index (κ2) is 67.1. The predicted octanol–water partition coefficient (Wildman–Crippen LogP) is 22.1. The van der Waals surface area contributed by atoms with Crippen molar-refractivity contribution in [3.8, 4) is 0 Å². The van der Waals surface area contributed by atoms with Gasteiger partial charge in [-0.15, -0.1) is 0 Å². The molecule has 0 amide bonds. The van der Waals surface area contributed by atoms with Gasteiger partial charge in [0.25, 0.3) is 0 Å². The third kappa shape index (κ3) is 68.7. The van der Waals surface area contributed by atoms with E-state index in [2.05, 4.69) is 72.8 Å². The van der Waals surface area contributed by atoms with Crippen molar-refractivity contribution < 1.29 is 80.2 Å². The van der Waals surface area contributed by atoms with E-state index >= 15 is 0 Å². The summed E-state index contributed by atoms with van der Waals surface area (Å²) in [5.74, 6) is 0.0924. The molecule has 0 fully saturated rings. The molecule has 0 saturated carbocycles. The third-order valence-corrected chi connectivity index (χ3v) is 19.5. The number of allylic oxidation sites excluding steroid dienone is 4. The van der Waals surface area contributed by atoms with Crippen LogP contribution in [0, 0.1) is 17.8 Å². The van der Waals surface area contributed by atoms with Gasteiger partial charge in [0.15, 0.2) is 12.2 Å². The lowest BCUT2D eigenvalue weighted by Gasteiger charge is -2.21. The second-order valence-electron chi connectivity index (χ2n) is 28.3. The number of phosphoric acid groups is 2. The molecule has 0 rings (SSSR count). The molecule has 3 unspecified atom stereocenters. The van der Waals surface area contributed by atoms with Crippen LogP contribution >= 0.6 is 15.6 Å². The number of ether oxygens (including phenoxy) is 4. The number of esters is 4. The second-order valence-corrected chi connectivity index (χ2v) is 31.2. The van der Waals surface area contributed by atoms with Crippen LogP contribution in [0.2, 0.25) is 0 Å². The zero-order valence-corrected chi connectivity index (χ0v) is 64.1. The number of aliphatic hydroxyl groups is 1. The smallest absolute Gasteiger partial charge is 0.462 e. The van der Waals surface area contributed by atoms with Crippen LogP contribution < -0.4 is 0 Å². The number of unbranched alkanes of at least 4 members (excludes halogenated alkanes) is 37. The summed E-state index contributed by atoms with van der Waals surface area (Å²) in [4.78, 5) is 72.7. The van der Waals surface area contributed by atoms with Crippen molar-refractivity contribution >= 4 is 39.5 Å². The van der Waals surface area contributed by atoms with E-state index in [-0.39, 0.29) is 25.7 Å². The molecule has 0 aromatic carbocycles. The van der Waals surface area contributed by atoms with Crippen molar-refractivity contribution in [1.82, 2.24) is 0 Å². The molecule has 96 heavy (non-hydrogen) atoms. The van der Waals surface area contributed by atoms with Crippen molar-refractivity contribution in [3.05, 3.63) is 24.3 Å². The molecule has 0 heterocycles. The summed E-state index contributed by atoms with van der Waals surface area (Å²) in [5.41, 5.74) is 0. The van der Waals surface area contributed by atoms with E-state index in [9.17, 15) is 43.2 Å². The fraction of sp³-hybridized carbons (Fsp3) is 0.896. The Hall–Kier alpha value is -2.46. The number of rotatable bonds is 73. The van der Waals surface area contributed by atoms with E-state index in [0.717, 1.165) is 121 Å². The summed E-state index contributed by atoms with van der Waals surface area (Å²) in [7, 11) is -9.92. The average molecular weight is 1410 g/mol. The molecular formula is C77H146O17P2. The quantitative estimate of drug-likeness (QED) is 0.0169. The van der Waals surface area contributed by atoms with Crippen molar-refractivity contribution in [1.29, 1.82) is 0 Å². The monoisotopic (exact) mass is 1410 g/mol. The van der Waals surface area contributed by atoms with Gasteiger partial charge in [0, 0.05) is 25.7 Å². The van der Waals surface area contributed by atoms with Gasteiger partial charge in [0.2, 0.25) is 0 Å². The van der Waals surface area contributed by atoms with Gasteiger partial charge in [-0.2, -0.15) is 0 Å². The fourth-order valence-electron chi connectivity index (χ4n) is 11.2. The SMILES string of the molecule is CCCCCC/C=C\C=C/CCCCCCCC(=O)O[C@H](COC(=O)CCCCCCCCCCCCCCCCCCCCC(C)C)COP(=O)(O)OC[C@@H](O)COP(=O)(O)OC[C@@H](COC(=O)CCCCCCCCC(C)CC)OC(=O)CCCCCCCCCC(C)C. The van der Waals surface area contributed by atoms with Crippen molar-refractivity contribution in [2.24, 2.45) is 17.8 Å². The van der Waals surface area contributed by atoms with E-state index in [4.69, 9.17) is 37.0 Å². The molecule has 6 atom stereocenters. The summed E-state index contributed by atoms with van der Waals surface area (Å²) < 4.78 is 68.4. The van der Waals surface area contributed by atoms with Gasteiger partial charge in [-0.3, -0.25) is 37.3 Å². The molecule has 17 nitrogen and oxygen atoms in total. The van der Waals surface area contributed by atoms with Gasteiger partial charge in [-0.1, -0.05) is 317 Å². The van der Waals surface area contributed by atoms with Gasteiger partial charge in [-0.05, 0) is 69.1 Å². The first-order valence-electron chi connectivity index (χ1n) is 39.2. The van der Waals surface area contributed by atoms with Crippen molar-refractivity contribution in [2.45, 2.75) is 388 Å². The molecular weight excluding hydrogens is 1260 g/mol. The Morgan fingerprint density at radius 2 is 0.615 bits per heavy atom. The summed E-state index contributed by atoms with van der Waals surface area (Å²) in [6, 6.07) is 0. The highest BCUT2D eigenvalue weighted by atomic mass is 31.2. The van der Waals surface area contributed by atoms with Gasteiger partial charge < -0.3 is 33.8 Å². The predicted molar refractivity (Wildman–Crippen MR) is 390 cm³/mol.